The average molecular weight is 169 g/mol. The molecule has 12 heavy (non-hydrogen) atoms. The SMILES string of the molecule is C/C(C(=O)O)=C1/N=C(N)NC1=O. The van der Waals surface area contributed by atoms with Crippen LogP contribution in [-0.4, -0.2) is 22.9 Å². The summed E-state index contributed by atoms with van der Waals surface area (Å²) < 4.78 is 0. The molecule has 0 aromatic heterocycles. The zero-order valence-corrected chi connectivity index (χ0v) is 6.29. The number of hydrogen-bond donors (Lipinski definition) is 3. The molecule has 0 atom stereocenters. The predicted molar refractivity (Wildman–Crippen MR) is 40.1 cm³/mol. The Labute approximate surface area is 67.8 Å². The minimum atomic E-state index is -1.18. The van der Waals surface area contributed by atoms with Crippen molar-refractivity contribution in [2.45, 2.75) is 6.92 Å². The van der Waals surface area contributed by atoms with Gasteiger partial charge in [0.2, 0.25) is 5.96 Å². The highest BCUT2D eigenvalue weighted by Gasteiger charge is 2.22. The smallest absolute Gasteiger partial charge is 0.333 e. The third kappa shape index (κ3) is 1.26. The number of hydrogen-bond acceptors (Lipinski definition) is 4. The highest BCUT2D eigenvalue weighted by Crippen LogP contribution is 2.09. The van der Waals surface area contributed by atoms with Crippen molar-refractivity contribution < 1.29 is 14.7 Å². The van der Waals surface area contributed by atoms with Gasteiger partial charge in [-0.3, -0.25) is 10.1 Å². The Morgan fingerprint density at radius 1 is 1.67 bits per heavy atom. The van der Waals surface area contributed by atoms with Gasteiger partial charge >= 0.3 is 5.97 Å². The first-order chi connectivity index (χ1) is 5.52. The van der Waals surface area contributed by atoms with Crippen molar-refractivity contribution in [2.75, 3.05) is 0 Å². The minimum absolute atomic E-state index is 0.0735. The maximum atomic E-state index is 10.9. The summed E-state index contributed by atoms with van der Waals surface area (Å²) in [5.41, 5.74) is 4.89. The fourth-order valence-corrected chi connectivity index (χ4v) is 0.730. The molecule has 64 valence electrons. The number of aliphatic carboxylic acids is 1. The topological polar surface area (TPSA) is 105 Å². The quantitative estimate of drug-likeness (QED) is 0.428. The number of nitrogens with zero attached hydrogens (tertiary/aromatic N) is 1. The van der Waals surface area contributed by atoms with E-state index in [9.17, 15) is 9.59 Å². The highest BCUT2D eigenvalue weighted by molar-refractivity contribution is 6.14. The van der Waals surface area contributed by atoms with Crippen LogP contribution in [0.2, 0.25) is 0 Å². The molecule has 0 aromatic rings. The third-order valence-corrected chi connectivity index (χ3v) is 1.36. The van der Waals surface area contributed by atoms with Gasteiger partial charge in [-0.25, -0.2) is 9.79 Å². The van der Waals surface area contributed by atoms with Gasteiger partial charge in [-0.1, -0.05) is 0 Å². The lowest BCUT2D eigenvalue weighted by molar-refractivity contribution is -0.133. The van der Waals surface area contributed by atoms with Crippen LogP contribution >= 0.6 is 0 Å². The van der Waals surface area contributed by atoms with E-state index in [2.05, 4.69) is 10.3 Å². The van der Waals surface area contributed by atoms with Crippen molar-refractivity contribution in [3.63, 3.8) is 0 Å². The van der Waals surface area contributed by atoms with Crippen LogP contribution in [0.25, 0.3) is 0 Å². The van der Waals surface area contributed by atoms with E-state index in [4.69, 9.17) is 10.8 Å². The number of aliphatic imine (C=N–C) groups is 1. The van der Waals surface area contributed by atoms with Crippen LogP contribution in [0.5, 0.6) is 0 Å². The first-order valence-electron chi connectivity index (χ1n) is 3.12. The first-order valence-corrected chi connectivity index (χ1v) is 3.12. The summed E-state index contributed by atoms with van der Waals surface area (Å²) in [6.07, 6.45) is 0. The molecule has 4 N–H and O–H groups in total. The maximum Gasteiger partial charge on any atom is 0.333 e. The lowest BCUT2D eigenvalue weighted by atomic mass is 10.2. The summed E-state index contributed by atoms with van der Waals surface area (Å²) in [4.78, 5) is 24.8. The second-order valence-electron chi connectivity index (χ2n) is 2.23. The van der Waals surface area contributed by atoms with E-state index in [1.165, 1.54) is 6.92 Å². The Morgan fingerprint density at radius 2 is 2.25 bits per heavy atom. The predicted octanol–water partition coefficient (Wildman–Crippen LogP) is -1.21. The van der Waals surface area contributed by atoms with E-state index in [0.29, 0.717) is 0 Å². The molecule has 0 spiro atoms. The molecule has 6 heteroatoms. The summed E-state index contributed by atoms with van der Waals surface area (Å²) >= 11 is 0. The molecular formula is C6H7N3O3. The summed E-state index contributed by atoms with van der Waals surface area (Å²) in [6, 6.07) is 0. The fourth-order valence-electron chi connectivity index (χ4n) is 0.730. The molecule has 1 aliphatic rings. The van der Waals surface area contributed by atoms with Crippen molar-refractivity contribution >= 4 is 17.8 Å². The standard InChI is InChI=1S/C6H7N3O3/c1-2(5(11)12)3-4(10)9-6(7)8-3/h1H3,(H,11,12)(H3,7,8,9,10)/b3-2-. The molecule has 0 fully saturated rings. The first kappa shape index (κ1) is 8.25. The van der Waals surface area contributed by atoms with Crippen molar-refractivity contribution in [1.82, 2.24) is 5.32 Å². The van der Waals surface area contributed by atoms with E-state index >= 15 is 0 Å². The van der Waals surface area contributed by atoms with Gasteiger partial charge in [0, 0.05) is 0 Å². The maximum absolute atomic E-state index is 10.9. The number of carboxylic acid groups (broad SMARTS) is 1. The van der Waals surface area contributed by atoms with Crippen molar-refractivity contribution in [3.05, 3.63) is 11.3 Å². The molecule has 0 saturated carbocycles. The van der Waals surface area contributed by atoms with E-state index in [0.717, 1.165) is 0 Å². The Bertz CT molecular complexity index is 316. The van der Waals surface area contributed by atoms with Crippen molar-refractivity contribution in [3.8, 4) is 0 Å². The number of amides is 1. The number of carbonyl (C=O) groups excluding carboxylic acids is 1. The van der Waals surface area contributed by atoms with Crippen LogP contribution in [0, 0.1) is 0 Å². The molecular weight excluding hydrogens is 162 g/mol. The molecule has 6 nitrogen and oxygen atoms in total. The summed E-state index contributed by atoms with van der Waals surface area (Å²) in [7, 11) is 0. The van der Waals surface area contributed by atoms with Gasteiger partial charge in [0.05, 0.1) is 5.57 Å². The Hall–Kier alpha value is -1.85. The normalized spacial score (nSPS) is 20.1. The van der Waals surface area contributed by atoms with Gasteiger partial charge in [0.15, 0.2) is 0 Å². The van der Waals surface area contributed by atoms with Crippen LogP contribution in [0.4, 0.5) is 0 Å². The number of carbonyl (C=O) groups is 2. The van der Waals surface area contributed by atoms with Gasteiger partial charge in [0.25, 0.3) is 5.91 Å². The van der Waals surface area contributed by atoms with Gasteiger partial charge in [0.1, 0.15) is 5.70 Å². The second kappa shape index (κ2) is 2.65. The molecule has 0 aliphatic carbocycles. The number of nitrogens with one attached hydrogen (secondary N) is 1. The number of rotatable bonds is 1. The average Bonchev–Trinajstić information content (AvgIpc) is 2.28. The Balaban J connectivity index is 3.11. The van der Waals surface area contributed by atoms with Gasteiger partial charge < -0.3 is 10.8 Å². The lowest BCUT2D eigenvalue weighted by Crippen LogP contribution is -2.30. The zero-order valence-electron chi connectivity index (χ0n) is 6.29. The van der Waals surface area contributed by atoms with Crippen LogP contribution in [-0.2, 0) is 9.59 Å². The van der Waals surface area contributed by atoms with Crippen LogP contribution in [0.3, 0.4) is 0 Å². The van der Waals surface area contributed by atoms with Crippen molar-refractivity contribution in [1.29, 1.82) is 0 Å². The number of guanidine groups is 1. The third-order valence-electron chi connectivity index (χ3n) is 1.36. The van der Waals surface area contributed by atoms with E-state index in [1.54, 1.807) is 0 Å². The lowest BCUT2D eigenvalue weighted by Gasteiger charge is -1.93. The van der Waals surface area contributed by atoms with Crippen LogP contribution in [0.15, 0.2) is 16.3 Å². The van der Waals surface area contributed by atoms with Gasteiger partial charge in [-0.15, -0.1) is 0 Å². The van der Waals surface area contributed by atoms with E-state index in [1.807, 2.05) is 0 Å². The van der Waals surface area contributed by atoms with E-state index in [-0.39, 0.29) is 17.2 Å². The number of carboxylic acids is 1. The highest BCUT2D eigenvalue weighted by atomic mass is 16.4. The monoisotopic (exact) mass is 169 g/mol. The van der Waals surface area contributed by atoms with Crippen LogP contribution < -0.4 is 11.1 Å². The molecule has 1 heterocycles. The summed E-state index contributed by atoms with van der Waals surface area (Å²) in [5.74, 6) is -1.83. The second-order valence-corrected chi connectivity index (χ2v) is 2.23. The molecule has 0 aromatic carbocycles. The van der Waals surface area contributed by atoms with Gasteiger partial charge in [-0.05, 0) is 6.92 Å². The minimum Gasteiger partial charge on any atom is -0.478 e. The largest absolute Gasteiger partial charge is 0.478 e. The number of nitrogens with two attached hydrogens (primary N) is 1. The Morgan fingerprint density at radius 3 is 2.58 bits per heavy atom. The molecule has 0 bridgehead atoms. The fraction of sp³-hybridized carbons (Fsp3) is 0.167. The molecule has 1 amide bonds. The van der Waals surface area contributed by atoms with Gasteiger partial charge in [-0.2, -0.15) is 0 Å². The molecule has 0 saturated heterocycles. The molecule has 1 aliphatic heterocycles. The van der Waals surface area contributed by atoms with Crippen molar-refractivity contribution in [2.24, 2.45) is 10.7 Å². The molecule has 1 rings (SSSR count). The Kier molecular flexibility index (Phi) is 1.82. The van der Waals surface area contributed by atoms with Crippen LogP contribution in [0.1, 0.15) is 6.92 Å². The molecule has 0 radical (unpaired) electrons. The van der Waals surface area contributed by atoms with E-state index < -0.39 is 11.9 Å². The zero-order chi connectivity index (χ0) is 9.30. The summed E-state index contributed by atoms with van der Waals surface area (Å²) in [6.45, 7) is 1.29. The summed E-state index contributed by atoms with van der Waals surface area (Å²) in [5, 5.41) is 10.7. The molecule has 0 unspecified atom stereocenters.